The molecule has 1 atom stereocenters. The summed E-state index contributed by atoms with van der Waals surface area (Å²) in [5.41, 5.74) is 2.25. The van der Waals surface area contributed by atoms with Crippen molar-refractivity contribution in [3.8, 4) is 5.75 Å². The molecule has 0 saturated carbocycles. The number of likely N-dealkylation sites (tertiary alicyclic amines) is 1. The van der Waals surface area contributed by atoms with E-state index in [1.165, 1.54) is 23.9 Å². The van der Waals surface area contributed by atoms with E-state index in [1.54, 1.807) is 14.2 Å². The van der Waals surface area contributed by atoms with Crippen molar-refractivity contribution in [1.29, 1.82) is 0 Å². The van der Waals surface area contributed by atoms with Crippen LogP contribution in [0.15, 0.2) is 24.3 Å². The second-order valence-electron chi connectivity index (χ2n) is 7.01. The zero-order valence-electron chi connectivity index (χ0n) is 15.8. The van der Waals surface area contributed by atoms with Crippen LogP contribution in [-0.4, -0.2) is 63.9 Å². The standard InChI is InChI=1S/C20H29N3O2/c1-15-11-20(21-19-12-17(25-4)5-6-18(15)19)22(2)13-16-7-8-23(14-16)9-10-24-3/h5-6,11-12,16H,7-10,13-14H2,1-4H3. The highest BCUT2D eigenvalue weighted by Gasteiger charge is 2.23. The Hall–Kier alpha value is -1.85. The first-order valence-corrected chi connectivity index (χ1v) is 8.98. The Balaban J connectivity index is 1.70. The fourth-order valence-corrected chi connectivity index (χ4v) is 3.65. The van der Waals surface area contributed by atoms with E-state index in [9.17, 15) is 0 Å². The summed E-state index contributed by atoms with van der Waals surface area (Å²) in [5.74, 6) is 2.57. The second-order valence-corrected chi connectivity index (χ2v) is 7.01. The van der Waals surface area contributed by atoms with E-state index >= 15 is 0 Å². The topological polar surface area (TPSA) is 37.8 Å². The quantitative estimate of drug-likeness (QED) is 0.773. The number of hydrogen-bond acceptors (Lipinski definition) is 5. The number of aryl methyl sites for hydroxylation is 1. The lowest BCUT2D eigenvalue weighted by Crippen LogP contribution is -2.30. The lowest BCUT2D eigenvalue weighted by Gasteiger charge is -2.23. The van der Waals surface area contributed by atoms with Crippen LogP contribution in [0.25, 0.3) is 10.9 Å². The molecule has 3 rings (SSSR count). The van der Waals surface area contributed by atoms with Gasteiger partial charge in [0.15, 0.2) is 0 Å². The lowest BCUT2D eigenvalue weighted by atomic mass is 10.1. The molecule has 2 heterocycles. The first-order valence-electron chi connectivity index (χ1n) is 8.98. The number of anilines is 1. The van der Waals surface area contributed by atoms with E-state index in [4.69, 9.17) is 14.5 Å². The normalized spacial score (nSPS) is 18.0. The maximum absolute atomic E-state index is 5.34. The van der Waals surface area contributed by atoms with Gasteiger partial charge in [0.25, 0.3) is 0 Å². The van der Waals surface area contributed by atoms with Crippen molar-refractivity contribution in [3.63, 3.8) is 0 Å². The van der Waals surface area contributed by atoms with Crippen molar-refractivity contribution in [2.45, 2.75) is 13.3 Å². The number of nitrogens with zero attached hydrogens (tertiary/aromatic N) is 3. The Labute approximate surface area is 150 Å². The fraction of sp³-hybridized carbons (Fsp3) is 0.550. The fourth-order valence-electron chi connectivity index (χ4n) is 3.65. The van der Waals surface area contributed by atoms with Gasteiger partial charge in [0, 0.05) is 45.2 Å². The van der Waals surface area contributed by atoms with Gasteiger partial charge in [0.1, 0.15) is 11.6 Å². The highest BCUT2D eigenvalue weighted by atomic mass is 16.5. The number of aromatic nitrogens is 1. The van der Waals surface area contributed by atoms with Crippen LogP contribution in [-0.2, 0) is 4.74 Å². The molecule has 2 aromatic rings. The van der Waals surface area contributed by atoms with Crippen LogP contribution in [0, 0.1) is 12.8 Å². The molecule has 5 nitrogen and oxygen atoms in total. The summed E-state index contributed by atoms with van der Waals surface area (Å²) in [7, 11) is 5.61. The van der Waals surface area contributed by atoms with Crippen LogP contribution < -0.4 is 9.64 Å². The Morgan fingerprint density at radius 2 is 2.12 bits per heavy atom. The van der Waals surface area contributed by atoms with Crippen molar-refractivity contribution < 1.29 is 9.47 Å². The van der Waals surface area contributed by atoms with Crippen LogP contribution in [0.4, 0.5) is 5.82 Å². The van der Waals surface area contributed by atoms with E-state index in [-0.39, 0.29) is 0 Å². The molecule has 0 amide bonds. The zero-order chi connectivity index (χ0) is 17.8. The van der Waals surface area contributed by atoms with Gasteiger partial charge in [0.05, 0.1) is 19.2 Å². The molecule has 1 aromatic carbocycles. The van der Waals surface area contributed by atoms with Gasteiger partial charge in [-0.15, -0.1) is 0 Å². The Morgan fingerprint density at radius 1 is 1.28 bits per heavy atom. The Bertz CT molecular complexity index is 719. The SMILES string of the molecule is COCCN1CCC(CN(C)c2cc(C)c3ccc(OC)cc3n2)C1. The molecule has 1 aromatic heterocycles. The number of pyridine rings is 1. The summed E-state index contributed by atoms with van der Waals surface area (Å²) in [4.78, 5) is 9.65. The predicted octanol–water partition coefficient (Wildman–Crippen LogP) is 2.96. The molecule has 1 fully saturated rings. The van der Waals surface area contributed by atoms with Gasteiger partial charge in [-0.2, -0.15) is 0 Å². The molecule has 1 aliphatic rings. The van der Waals surface area contributed by atoms with E-state index < -0.39 is 0 Å². The molecule has 25 heavy (non-hydrogen) atoms. The maximum Gasteiger partial charge on any atom is 0.129 e. The van der Waals surface area contributed by atoms with Gasteiger partial charge in [0.2, 0.25) is 0 Å². The predicted molar refractivity (Wildman–Crippen MR) is 103 cm³/mol. The number of hydrogen-bond donors (Lipinski definition) is 0. The molecule has 5 heteroatoms. The third-order valence-corrected chi connectivity index (χ3v) is 5.12. The number of fused-ring (bicyclic) bond motifs is 1. The summed E-state index contributed by atoms with van der Waals surface area (Å²) in [6.07, 6.45) is 1.24. The summed E-state index contributed by atoms with van der Waals surface area (Å²) < 4.78 is 10.5. The number of methoxy groups -OCH3 is 2. The van der Waals surface area contributed by atoms with Crippen LogP contribution in [0.1, 0.15) is 12.0 Å². The minimum absolute atomic E-state index is 0.685. The largest absolute Gasteiger partial charge is 0.497 e. The molecule has 0 bridgehead atoms. The van der Waals surface area contributed by atoms with Crippen molar-refractivity contribution in [2.24, 2.45) is 5.92 Å². The van der Waals surface area contributed by atoms with Gasteiger partial charge < -0.3 is 19.3 Å². The van der Waals surface area contributed by atoms with E-state index in [0.717, 1.165) is 43.3 Å². The minimum Gasteiger partial charge on any atom is -0.497 e. The van der Waals surface area contributed by atoms with Crippen molar-refractivity contribution in [3.05, 3.63) is 29.8 Å². The summed E-state index contributed by atoms with van der Waals surface area (Å²) in [5, 5.41) is 1.18. The summed E-state index contributed by atoms with van der Waals surface area (Å²) in [6, 6.07) is 8.28. The monoisotopic (exact) mass is 343 g/mol. The first-order chi connectivity index (χ1) is 12.1. The average Bonchev–Trinajstić information content (AvgIpc) is 3.06. The first kappa shape index (κ1) is 18.0. The zero-order valence-corrected chi connectivity index (χ0v) is 15.8. The number of ether oxygens (including phenoxy) is 2. The Morgan fingerprint density at radius 3 is 2.88 bits per heavy atom. The molecular weight excluding hydrogens is 314 g/mol. The van der Waals surface area contributed by atoms with Gasteiger partial charge >= 0.3 is 0 Å². The third kappa shape index (κ3) is 4.22. The molecule has 1 saturated heterocycles. The summed E-state index contributed by atoms with van der Waals surface area (Å²) >= 11 is 0. The maximum atomic E-state index is 5.34. The number of benzene rings is 1. The van der Waals surface area contributed by atoms with E-state index in [1.807, 2.05) is 12.1 Å². The molecule has 1 unspecified atom stereocenters. The smallest absolute Gasteiger partial charge is 0.129 e. The van der Waals surface area contributed by atoms with Crippen molar-refractivity contribution >= 4 is 16.7 Å². The molecule has 136 valence electrons. The highest BCUT2D eigenvalue weighted by Crippen LogP contribution is 2.26. The minimum atomic E-state index is 0.685. The molecule has 0 radical (unpaired) electrons. The number of rotatable bonds is 7. The van der Waals surface area contributed by atoms with E-state index in [2.05, 4.69) is 35.9 Å². The second kappa shape index (κ2) is 8.02. The lowest BCUT2D eigenvalue weighted by molar-refractivity contribution is 0.159. The van der Waals surface area contributed by atoms with Crippen molar-refractivity contribution in [2.75, 3.05) is 59.0 Å². The molecular formula is C20H29N3O2. The average molecular weight is 343 g/mol. The van der Waals surface area contributed by atoms with Gasteiger partial charge in [-0.25, -0.2) is 4.98 Å². The third-order valence-electron chi connectivity index (χ3n) is 5.12. The summed E-state index contributed by atoms with van der Waals surface area (Å²) in [6.45, 7) is 7.35. The molecule has 1 aliphatic heterocycles. The van der Waals surface area contributed by atoms with Crippen LogP contribution >= 0.6 is 0 Å². The van der Waals surface area contributed by atoms with E-state index in [0.29, 0.717) is 5.92 Å². The van der Waals surface area contributed by atoms with Crippen LogP contribution in [0.3, 0.4) is 0 Å². The van der Waals surface area contributed by atoms with Crippen LogP contribution in [0.2, 0.25) is 0 Å². The molecule has 0 aliphatic carbocycles. The molecule has 0 spiro atoms. The Kier molecular flexibility index (Phi) is 5.76. The van der Waals surface area contributed by atoms with Gasteiger partial charge in [-0.3, -0.25) is 0 Å². The molecule has 0 N–H and O–H groups in total. The van der Waals surface area contributed by atoms with Crippen molar-refractivity contribution in [1.82, 2.24) is 9.88 Å². The van der Waals surface area contributed by atoms with Gasteiger partial charge in [-0.05, 0) is 49.6 Å². The van der Waals surface area contributed by atoms with Crippen LogP contribution in [0.5, 0.6) is 5.75 Å². The van der Waals surface area contributed by atoms with Gasteiger partial charge in [-0.1, -0.05) is 0 Å². The highest BCUT2D eigenvalue weighted by molar-refractivity contribution is 5.85.